The van der Waals surface area contributed by atoms with Crippen LogP contribution in [0.4, 0.5) is 0 Å². The predicted molar refractivity (Wildman–Crippen MR) is 96.3 cm³/mol. The van der Waals surface area contributed by atoms with Crippen LogP contribution in [0.3, 0.4) is 0 Å². The zero-order valence-corrected chi connectivity index (χ0v) is 16.0. The Morgan fingerprint density at radius 3 is 2.08 bits per heavy atom. The van der Waals surface area contributed by atoms with Crippen LogP contribution in [0.1, 0.15) is 91.9 Å². The molecule has 24 heavy (non-hydrogen) atoms. The lowest BCUT2D eigenvalue weighted by Crippen LogP contribution is -2.65. The van der Waals surface area contributed by atoms with Gasteiger partial charge in [-0.25, -0.2) is 5.01 Å². The van der Waals surface area contributed by atoms with Gasteiger partial charge in [-0.05, 0) is 40.5 Å². The molecule has 0 atom stereocenters. The van der Waals surface area contributed by atoms with Gasteiger partial charge in [0.15, 0.2) is 0 Å². The number of hydrogen-bond acceptors (Lipinski definition) is 5. The van der Waals surface area contributed by atoms with Crippen molar-refractivity contribution in [2.24, 2.45) is 5.84 Å². The molecule has 0 aromatic rings. The number of carbonyl (C=O) groups excluding carboxylic acids is 2. The van der Waals surface area contributed by atoms with Crippen LogP contribution >= 0.6 is 0 Å². The lowest BCUT2D eigenvalue weighted by molar-refractivity contribution is -0.160. The second-order valence-corrected chi connectivity index (χ2v) is 8.34. The predicted octanol–water partition coefficient (Wildman–Crippen LogP) is 3.74. The summed E-state index contributed by atoms with van der Waals surface area (Å²) < 4.78 is 5.71. The summed E-state index contributed by atoms with van der Waals surface area (Å²) in [7, 11) is 0. The van der Waals surface area contributed by atoms with E-state index in [1.54, 1.807) is 0 Å². The zero-order valence-electron chi connectivity index (χ0n) is 16.0. The summed E-state index contributed by atoms with van der Waals surface area (Å²) in [4.78, 5) is 22.3. The maximum absolute atomic E-state index is 12.1. The number of rotatable bonds is 10. The molecule has 1 aliphatic rings. The van der Waals surface area contributed by atoms with Crippen molar-refractivity contribution in [3.05, 3.63) is 0 Å². The third-order valence-corrected chi connectivity index (χ3v) is 5.01. The number of piperidine rings is 1. The number of unbranched alkanes of at least 4 members (excludes halogenated alkanes) is 6. The minimum atomic E-state index is -0.172. The van der Waals surface area contributed by atoms with Gasteiger partial charge in [0.25, 0.3) is 0 Å². The monoisotopic (exact) mass is 340 g/mol. The van der Waals surface area contributed by atoms with E-state index < -0.39 is 0 Å². The fourth-order valence-corrected chi connectivity index (χ4v) is 3.73. The Morgan fingerprint density at radius 1 is 1.04 bits per heavy atom. The van der Waals surface area contributed by atoms with Crippen molar-refractivity contribution in [1.82, 2.24) is 5.01 Å². The Morgan fingerprint density at radius 2 is 1.54 bits per heavy atom. The van der Waals surface area contributed by atoms with E-state index in [-0.39, 0.29) is 23.2 Å². The standard InChI is InChI=1S/C19H36N2O3/c1-18(2)14-16(15-19(3,4)21(18)20)24-17(23)12-10-8-6-5-7-9-11-13-22/h13,16H,5-12,14-15,20H2,1-4H3. The Labute approximate surface area is 147 Å². The van der Waals surface area contributed by atoms with Crippen molar-refractivity contribution >= 4 is 12.3 Å². The minimum absolute atomic E-state index is 0.0503. The highest BCUT2D eigenvalue weighted by atomic mass is 16.5. The van der Waals surface area contributed by atoms with E-state index in [4.69, 9.17) is 10.6 Å². The molecule has 0 saturated carbocycles. The lowest BCUT2D eigenvalue weighted by atomic mass is 9.80. The Kier molecular flexibility index (Phi) is 8.37. The molecule has 1 saturated heterocycles. The molecule has 140 valence electrons. The first-order valence-electron chi connectivity index (χ1n) is 9.37. The summed E-state index contributed by atoms with van der Waals surface area (Å²) in [6.07, 6.45) is 9.92. The summed E-state index contributed by atoms with van der Waals surface area (Å²) in [6, 6.07) is 0. The van der Waals surface area contributed by atoms with Gasteiger partial charge in [-0.1, -0.05) is 25.7 Å². The first-order chi connectivity index (χ1) is 11.2. The molecular formula is C19H36N2O3. The first kappa shape index (κ1) is 21.1. The van der Waals surface area contributed by atoms with Gasteiger partial charge in [-0.3, -0.25) is 10.6 Å². The molecule has 0 bridgehead atoms. The zero-order chi connectivity index (χ0) is 18.2. The fraction of sp³-hybridized carbons (Fsp3) is 0.895. The van der Waals surface area contributed by atoms with Crippen LogP contribution in [0, 0.1) is 0 Å². The second kappa shape index (κ2) is 9.52. The number of hydrogen-bond donors (Lipinski definition) is 1. The van der Waals surface area contributed by atoms with E-state index in [1.807, 2.05) is 5.01 Å². The smallest absolute Gasteiger partial charge is 0.306 e. The average molecular weight is 341 g/mol. The molecule has 1 rings (SSSR count). The highest BCUT2D eigenvalue weighted by Gasteiger charge is 2.45. The van der Waals surface area contributed by atoms with Crippen LogP contribution in [0.15, 0.2) is 0 Å². The molecule has 0 spiro atoms. The van der Waals surface area contributed by atoms with Crippen LogP contribution in [0.5, 0.6) is 0 Å². The van der Waals surface area contributed by atoms with E-state index in [0.29, 0.717) is 12.8 Å². The third kappa shape index (κ3) is 6.89. The first-order valence-corrected chi connectivity index (χ1v) is 9.37. The summed E-state index contributed by atoms with van der Waals surface area (Å²) in [5.74, 6) is 6.13. The molecule has 5 nitrogen and oxygen atoms in total. The van der Waals surface area contributed by atoms with Gasteiger partial charge in [0, 0.05) is 36.8 Å². The maximum atomic E-state index is 12.1. The summed E-state index contributed by atoms with van der Waals surface area (Å²) in [5, 5.41) is 1.90. The van der Waals surface area contributed by atoms with E-state index in [9.17, 15) is 9.59 Å². The molecule has 0 amide bonds. The fourth-order valence-electron chi connectivity index (χ4n) is 3.73. The van der Waals surface area contributed by atoms with Gasteiger partial charge in [-0.15, -0.1) is 0 Å². The topological polar surface area (TPSA) is 72.6 Å². The molecular weight excluding hydrogens is 304 g/mol. The molecule has 0 unspecified atom stereocenters. The number of aldehydes is 1. The van der Waals surface area contributed by atoms with Crippen molar-refractivity contribution < 1.29 is 14.3 Å². The van der Waals surface area contributed by atoms with Gasteiger partial charge >= 0.3 is 5.97 Å². The lowest BCUT2D eigenvalue weighted by Gasteiger charge is -2.52. The molecule has 5 heteroatoms. The largest absolute Gasteiger partial charge is 0.462 e. The van der Waals surface area contributed by atoms with E-state index >= 15 is 0 Å². The molecule has 0 aromatic heterocycles. The molecule has 1 aliphatic heterocycles. The van der Waals surface area contributed by atoms with Crippen LogP contribution in [0.25, 0.3) is 0 Å². The van der Waals surface area contributed by atoms with Gasteiger partial charge < -0.3 is 9.53 Å². The summed E-state index contributed by atoms with van der Waals surface area (Å²) >= 11 is 0. The molecule has 2 N–H and O–H groups in total. The third-order valence-electron chi connectivity index (χ3n) is 5.01. The minimum Gasteiger partial charge on any atom is -0.462 e. The quantitative estimate of drug-likeness (QED) is 0.284. The highest BCUT2D eigenvalue weighted by Crippen LogP contribution is 2.37. The number of esters is 1. The van der Waals surface area contributed by atoms with Crippen molar-refractivity contribution in [1.29, 1.82) is 0 Å². The Hall–Kier alpha value is -0.940. The van der Waals surface area contributed by atoms with Crippen molar-refractivity contribution in [2.45, 2.75) is 109 Å². The van der Waals surface area contributed by atoms with Crippen LogP contribution in [-0.2, 0) is 14.3 Å². The number of nitrogens with two attached hydrogens (primary N) is 1. The van der Waals surface area contributed by atoms with Crippen molar-refractivity contribution in [2.75, 3.05) is 0 Å². The molecule has 0 aromatic carbocycles. The Bertz CT molecular complexity index is 389. The average Bonchev–Trinajstić information content (AvgIpc) is 2.47. The molecule has 1 heterocycles. The van der Waals surface area contributed by atoms with E-state index in [2.05, 4.69) is 27.7 Å². The van der Waals surface area contributed by atoms with Crippen LogP contribution < -0.4 is 5.84 Å². The second-order valence-electron chi connectivity index (χ2n) is 8.34. The van der Waals surface area contributed by atoms with Crippen molar-refractivity contribution in [3.63, 3.8) is 0 Å². The SMILES string of the molecule is CC1(C)CC(OC(=O)CCCCCCCCC=O)CC(C)(C)N1N. The van der Waals surface area contributed by atoms with Crippen LogP contribution in [-0.4, -0.2) is 34.4 Å². The van der Waals surface area contributed by atoms with Gasteiger partial charge in [0.2, 0.25) is 0 Å². The van der Waals surface area contributed by atoms with Crippen molar-refractivity contribution in [3.8, 4) is 0 Å². The molecule has 1 fully saturated rings. The molecule has 0 radical (unpaired) electrons. The Balaban J connectivity index is 2.22. The number of nitrogens with zero attached hydrogens (tertiary/aromatic N) is 1. The number of hydrazine groups is 1. The van der Waals surface area contributed by atoms with E-state index in [1.165, 1.54) is 0 Å². The highest BCUT2D eigenvalue weighted by molar-refractivity contribution is 5.69. The molecule has 0 aliphatic carbocycles. The van der Waals surface area contributed by atoms with E-state index in [0.717, 1.165) is 57.7 Å². The van der Waals surface area contributed by atoms with Gasteiger partial charge in [0.05, 0.1) is 0 Å². The normalized spacial score (nSPS) is 20.7. The maximum Gasteiger partial charge on any atom is 0.306 e. The summed E-state index contributed by atoms with van der Waals surface area (Å²) in [5.41, 5.74) is -0.345. The van der Waals surface area contributed by atoms with Gasteiger partial charge in [-0.2, -0.15) is 0 Å². The van der Waals surface area contributed by atoms with Gasteiger partial charge in [0.1, 0.15) is 12.4 Å². The summed E-state index contributed by atoms with van der Waals surface area (Å²) in [6.45, 7) is 8.39. The number of carbonyl (C=O) groups is 2. The number of ether oxygens (including phenoxy) is 1. The van der Waals surface area contributed by atoms with Crippen LogP contribution in [0.2, 0.25) is 0 Å².